The fraction of sp³-hybridized carbons (Fsp3) is 0.231. The number of halogens is 3. The Kier molecular flexibility index (Phi) is 3.63. The summed E-state index contributed by atoms with van der Waals surface area (Å²) < 4.78 is 43.8. The largest absolute Gasteiger partial charge is 0.478 e. The van der Waals surface area contributed by atoms with Gasteiger partial charge < -0.3 is 14.4 Å². The van der Waals surface area contributed by atoms with E-state index in [1.165, 1.54) is 4.57 Å². The van der Waals surface area contributed by atoms with E-state index in [0.29, 0.717) is 0 Å². The molecule has 0 spiro atoms. The molecule has 0 aliphatic carbocycles. The highest BCUT2D eigenvalue weighted by Gasteiger charge is 2.31. The number of nitrogens with zero attached hydrogens (tertiary/aromatic N) is 1. The van der Waals surface area contributed by atoms with Crippen LogP contribution in [-0.4, -0.2) is 28.7 Å². The molecule has 112 valence electrons. The van der Waals surface area contributed by atoms with E-state index in [1.54, 1.807) is 0 Å². The Hall–Kier alpha value is -2.51. The van der Waals surface area contributed by atoms with E-state index >= 15 is 0 Å². The molecule has 0 aliphatic heterocycles. The van der Waals surface area contributed by atoms with E-state index in [4.69, 9.17) is 5.11 Å². The minimum absolute atomic E-state index is 0.0822. The number of carboxylic acids is 1. The molecule has 1 aromatic heterocycles. The Morgan fingerprint density at radius 3 is 2.52 bits per heavy atom. The SMILES string of the molecule is COC(=O)Cn1cc(C(=O)O)c2cc(C(F)(F)F)ccc21. The fourth-order valence-corrected chi connectivity index (χ4v) is 1.98. The lowest BCUT2D eigenvalue weighted by Crippen LogP contribution is -2.10. The standard InChI is InChI=1S/C13H10F3NO4/c1-21-11(18)6-17-5-9(12(19)20)8-4-7(13(14,15)16)2-3-10(8)17/h2-5H,6H2,1H3,(H,19,20). The van der Waals surface area contributed by atoms with Gasteiger partial charge in [0, 0.05) is 17.1 Å². The Balaban J connectivity index is 2.64. The number of hydrogen-bond acceptors (Lipinski definition) is 3. The molecule has 0 fully saturated rings. The molecule has 8 heteroatoms. The van der Waals surface area contributed by atoms with E-state index < -0.39 is 23.7 Å². The van der Waals surface area contributed by atoms with Gasteiger partial charge in [0.15, 0.2) is 0 Å². The first-order valence-corrected chi connectivity index (χ1v) is 5.74. The molecule has 0 unspecified atom stereocenters. The second kappa shape index (κ2) is 5.12. The molecule has 0 bridgehead atoms. The van der Waals surface area contributed by atoms with Crippen molar-refractivity contribution in [1.82, 2.24) is 4.57 Å². The van der Waals surface area contributed by atoms with Gasteiger partial charge in [0.1, 0.15) is 6.54 Å². The highest BCUT2D eigenvalue weighted by atomic mass is 19.4. The molecule has 0 saturated carbocycles. The molecule has 2 aromatic rings. The number of carbonyl (C=O) groups is 2. The zero-order valence-electron chi connectivity index (χ0n) is 10.8. The summed E-state index contributed by atoms with van der Waals surface area (Å²) in [5.74, 6) is -2.01. The molecule has 2 rings (SSSR count). The summed E-state index contributed by atoms with van der Waals surface area (Å²) in [6.45, 7) is -0.286. The van der Waals surface area contributed by atoms with Crippen molar-refractivity contribution in [2.75, 3.05) is 7.11 Å². The first-order chi connectivity index (χ1) is 9.74. The third-order valence-corrected chi connectivity index (χ3v) is 2.97. The van der Waals surface area contributed by atoms with Gasteiger partial charge in [-0.05, 0) is 18.2 Å². The van der Waals surface area contributed by atoms with Crippen molar-refractivity contribution in [3.63, 3.8) is 0 Å². The van der Waals surface area contributed by atoms with Crippen LogP contribution in [0.1, 0.15) is 15.9 Å². The first-order valence-electron chi connectivity index (χ1n) is 5.74. The monoisotopic (exact) mass is 301 g/mol. The van der Waals surface area contributed by atoms with Crippen molar-refractivity contribution >= 4 is 22.8 Å². The lowest BCUT2D eigenvalue weighted by Gasteiger charge is -2.07. The van der Waals surface area contributed by atoms with Gasteiger partial charge in [0.25, 0.3) is 0 Å². The zero-order valence-corrected chi connectivity index (χ0v) is 10.8. The van der Waals surface area contributed by atoms with Crippen molar-refractivity contribution in [2.24, 2.45) is 0 Å². The predicted molar refractivity (Wildman–Crippen MR) is 65.9 cm³/mol. The van der Waals surface area contributed by atoms with Crippen LogP contribution in [0.15, 0.2) is 24.4 Å². The summed E-state index contributed by atoms with van der Waals surface area (Å²) in [6, 6.07) is 2.72. The van der Waals surface area contributed by atoms with Gasteiger partial charge in [0.05, 0.1) is 18.2 Å². The summed E-state index contributed by atoms with van der Waals surface area (Å²) >= 11 is 0. The minimum atomic E-state index is -4.57. The highest BCUT2D eigenvalue weighted by molar-refractivity contribution is 6.04. The normalized spacial score (nSPS) is 11.6. The van der Waals surface area contributed by atoms with Gasteiger partial charge in [-0.3, -0.25) is 4.79 Å². The number of alkyl halides is 3. The third kappa shape index (κ3) is 2.83. The van der Waals surface area contributed by atoms with Gasteiger partial charge in [-0.1, -0.05) is 0 Å². The molecule has 0 atom stereocenters. The number of hydrogen-bond donors (Lipinski definition) is 1. The van der Waals surface area contributed by atoms with Crippen LogP contribution in [0, 0.1) is 0 Å². The molecule has 0 radical (unpaired) electrons. The van der Waals surface area contributed by atoms with Crippen LogP contribution >= 0.6 is 0 Å². The van der Waals surface area contributed by atoms with Crippen molar-refractivity contribution in [3.05, 3.63) is 35.5 Å². The van der Waals surface area contributed by atoms with Crippen molar-refractivity contribution in [3.8, 4) is 0 Å². The van der Waals surface area contributed by atoms with Crippen LogP contribution in [0.5, 0.6) is 0 Å². The molecule has 5 nitrogen and oxygen atoms in total. The number of carboxylic acid groups (broad SMARTS) is 1. The second-order valence-corrected chi connectivity index (χ2v) is 4.28. The Bertz CT molecular complexity index is 718. The quantitative estimate of drug-likeness (QED) is 0.885. The maximum Gasteiger partial charge on any atom is 0.416 e. The molecule has 0 aliphatic rings. The first kappa shape index (κ1) is 14.9. The van der Waals surface area contributed by atoms with Gasteiger partial charge in [-0.15, -0.1) is 0 Å². The van der Waals surface area contributed by atoms with Crippen LogP contribution in [0.4, 0.5) is 13.2 Å². The predicted octanol–water partition coefficient (Wildman–Crippen LogP) is 2.53. The summed E-state index contributed by atoms with van der Waals surface area (Å²) in [5.41, 5.74) is -1.04. The van der Waals surface area contributed by atoms with Gasteiger partial charge in [0.2, 0.25) is 0 Å². The summed E-state index contributed by atoms with van der Waals surface area (Å²) in [5, 5.41) is 8.99. The number of methoxy groups -OCH3 is 1. The smallest absolute Gasteiger partial charge is 0.416 e. The molecular formula is C13H10F3NO4. The van der Waals surface area contributed by atoms with Crippen molar-refractivity contribution < 1.29 is 32.6 Å². The highest BCUT2D eigenvalue weighted by Crippen LogP contribution is 2.33. The Labute approximate surface area is 116 Å². The number of aromatic carboxylic acids is 1. The van der Waals surface area contributed by atoms with Crippen LogP contribution in [-0.2, 0) is 22.3 Å². The van der Waals surface area contributed by atoms with E-state index in [9.17, 15) is 22.8 Å². The molecule has 0 saturated heterocycles. The van der Waals surface area contributed by atoms with Crippen LogP contribution in [0.2, 0.25) is 0 Å². The van der Waals surface area contributed by atoms with Gasteiger partial charge in [-0.25, -0.2) is 4.79 Å². The number of carbonyl (C=O) groups excluding carboxylic acids is 1. The van der Waals surface area contributed by atoms with Crippen molar-refractivity contribution in [2.45, 2.75) is 12.7 Å². The molecular weight excluding hydrogens is 291 g/mol. The number of benzene rings is 1. The minimum Gasteiger partial charge on any atom is -0.478 e. The molecule has 1 heterocycles. The third-order valence-electron chi connectivity index (χ3n) is 2.97. The summed E-state index contributed by atoms with van der Waals surface area (Å²) in [4.78, 5) is 22.4. The average Bonchev–Trinajstić information content (AvgIpc) is 2.76. The molecule has 1 aromatic carbocycles. The van der Waals surface area contributed by atoms with Crippen LogP contribution < -0.4 is 0 Å². The van der Waals surface area contributed by atoms with Crippen LogP contribution in [0.25, 0.3) is 10.9 Å². The number of aromatic nitrogens is 1. The van der Waals surface area contributed by atoms with E-state index in [1.807, 2.05) is 0 Å². The van der Waals surface area contributed by atoms with Gasteiger partial charge in [-0.2, -0.15) is 13.2 Å². The summed E-state index contributed by atoms with van der Waals surface area (Å²) in [6.07, 6.45) is -3.46. The maximum atomic E-state index is 12.7. The Morgan fingerprint density at radius 1 is 1.33 bits per heavy atom. The molecule has 1 N–H and O–H groups in total. The Morgan fingerprint density at radius 2 is 2.00 bits per heavy atom. The van der Waals surface area contributed by atoms with Gasteiger partial charge >= 0.3 is 18.1 Å². The van der Waals surface area contributed by atoms with E-state index in [2.05, 4.69) is 4.74 Å². The zero-order chi connectivity index (χ0) is 15.8. The topological polar surface area (TPSA) is 68.5 Å². The van der Waals surface area contributed by atoms with Crippen LogP contribution in [0.3, 0.4) is 0 Å². The molecule has 0 amide bonds. The van der Waals surface area contributed by atoms with Crippen molar-refractivity contribution in [1.29, 1.82) is 0 Å². The lowest BCUT2D eigenvalue weighted by atomic mass is 10.1. The fourth-order valence-electron chi connectivity index (χ4n) is 1.98. The van der Waals surface area contributed by atoms with E-state index in [0.717, 1.165) is 31.5 Å². The lowest BCUT2D eigenvalue weighted by molar-refractivity contribution is -0.141. The average molecular weight is 301 g/mol. The number of rotatable bonds is 3. The number of ether oxygens (including phenoxy) is 1. The maximum absolute atomic E-state index is 12.7. The summed E-state index contributed by atoms with van der Waals surface area (Å²) in [7, 11) is 1.16. The van der Waals surface area contributed by atoms with E-state index in [-0.39, 0.29) is 23.0 Å². The number of esters is 1. The second-order valence-electron chi connectivity index (χ2n) is 4.28. The number of fused-ring (bicyclic) bond motifs is 1. The molecule has 21 heavy (non-hydrogen) atoms.